The molecular weight excluding hydrogens is 399 g/mol. The first-order valence-electron chi connectivity index (χ1n) is 6.74. The van der Waals surface area contributed by atoms with Crippen LogP contribution in [0.2, 0.25) is 0 Å². The fourth-order valence-electron chi connectivity index (χ4n) is 2.54. The summed E-state index contributed by atoms with van der Waals surface area (Å²) in [5, 5.41) is 4.07. The van der Waals surface area contributed by atoms with E-state index in [1.165, 1.54) is 12.1 Å². The molecule has 0 bridgehead atoms. The van der Waals surface area contributed by atoms with Crippen molar-refractivity contribution in [2.24, 2.45) is 0 Å². The number of ether oxygens (including phenoxy) is 1. The molecule has 23 heavy (non-hydrogen) atoms. The summed E-state index contributed by atoms with van der Waals surface area (Å²) in [4.78, 5) is 6.38. The van der Waals surface area contributed by atoms with E-state index in [9.17, 15) is 13.2 Å². The normalized spacial score (nSPS) is 15.4. The molecule has 2 aromatic rings. The number of hydrogen-bond donors (Lipinski definition) is 1. The second kappa shape index (κ2) is 7.11. The van der Waals surface area contributed by atoms with Crippen LogP contribution in [0.15, 0.2) is 28.9 Å². The second-order valence-corrected chi connectivity index (χ2v) is 5.77. The molecule has 4 nitrogen and oxygen atoms in total. The predicted molar refractivity (Wildman–Crippen MR) is 88.5 cm³/mol. The monoisotopic (exact) mass is 411 g/mol. The van der Waals surface area contributed by atoms with Crippen molar-refractivity contribution in [3.8, 4) is 5.75 Å². The van der Waals surface area contributed by atoms with Crippen LogP contribution < -0.4 is 15.0 Å². The van der Waals surface area contributed by atoms with Crippen LogP contribution in [0.5, 0.6) is 5.75 Å². The van der Waals surface area contributed by atoms with E-state index in [0.29, 0.717) is 5.52 Å². The van der Waals surface area contributed by atoms with E-state index in [2.05, 4.69) is 35.9 Å². The number of anilines is 1. The molecule has 0 aliphatic carbocycles. The minimum Gasteiger partial charge on any atom is -0.406 e. The highest BCUT2D eigenvalue weighted by molar-refractivity contribution is 9.10. The fraction of sp³-hybridized carbons (Fsp3) is 0.357. The number of fused-ring (bicyclic) bond motifs is 1. The van der Waals surface area contributed by atoms with Gasteiger partial charge in [-0.2, -0.15) is 0 Å². The Hall–Kier alpha value is -1.25. The van der Waals surface area contributed by atoms with Crippen LogP contribution in [0.4, 0.5) is 18.9 Å². The highest BCUT2D eigenvalue weighted by Crippen LogP contribution is 2.35. The van der Waals surface area contributed by atoms with Gasteiger partial charge in [-0.1, -0.05) is 0 Å². The quantitative estimate of drug-likeness (QED) is 0.816. The van der Waals surface area contributed by atoms with Crippen molar-refractivity contribution in [1.82, 2.24) is 10.3 Å². The number of halogens is 5. The van der Waals surface area contributed by atoms with Crippen molar-refractivity contribution < 1.29 is 17.9 Å². The number of nitrogens with one attached hydrogen (secondary N) is 1. The summed E-state index contributed by atoms with van der Waals surface area (Å²) in [6.07, 6.45) is -3.10. The molecular formula is C14H14BrClF3N3O. The van der Waals surface area contributed by atoms with Crippen LogP contribution in [0, 0.1) is 0 Å². The minimum atomic E-state index is -4.70. The lowest BCUT2D eigenvalue weighted by molar-refractivity contribution is -0.274. The molecule has 1 aliphatic rings. The van der Waals surface area contributed by atoms with Gasteiger partial charge in [0.05, 0.1) is 15.7 Å². The van der Waals surface area contributed by atoms with Crippen LogP contribution >= 0.6 is 28.3 Å². The van der Waals surface area contributed by atoms with Crippen LogP contribution in [-0.4, -0.2) is 37.5 Å². The van der Waals surface area contributed by atoms with Crippen molar-refractivity contribution >= 4 is 44.9 Å². The zero-order valence-corrected chi connectivity index (χ0v) is 14.3. The summed E-state index contributed by atoms with van der Waals surface area (Å²) in [7, 11) is 0. The zero-order valence-electron chi connectivity index (χ0n) is 11.9. The summed E-state index contributed by atoms with van der Waals surface area (Å²) in [5.74, 6) is -0.263. The fourth-order valence-corrected chi connectivity index (χ4v) is 3.11. The standard InChI is InChI=1S/C14H13BrF3N3O.ClH/c15-11-8-20-12-7-9(22-14(16,17)18)1-2-10(12)13(11)21-5-3-19-4-6-21;/h1-2,7-8,19H,3-6H2;1H. The number of alkyl halides is 3. The van der Waals surface area contributed by atoms with Gasteiger partial charge >= 0.3 is 6.36 Å². The smallest absolute Gasteiger partial charge is 0.406 e. The largest absolute Gasteiger partial charge is 0.573 e. The number of rotatable bonds is 2. The summed E-state index contributed by atoms with van der Waals surface area (Å²) in [6.45, 7) is 3.40. The van der Waals surface area contributed by atoms with Gasteiger partial charge in [-0.25, -0.2) is 0 Å². The van der Waals surface area contributed by atoms with Gasteiger partial charge in [0.25, 0.3) is 0 Å². The van der Waals surface area contributed by atoms with Crippen LogP contribution in [0.25, 0.3) is 10.9 Å². The third-order valence-corrected chi connectivity index (χ3v) is 4.01. The molecule has 0 unspecified atom stereocenters. The minimum absolute atomic E-state index is 0. The van der Waals surface area contributed by atoms with Crippen LogP contribution in [-0.2, 0) is 0 Å². The SMILES string of the molecule is Cl.FC(F)(F)Oc1ccc2c(N3CCNCC3)c(Br)cnc2c1. The van der Waals surface area contributed by atoms with Gasteiger partial charge in [0.1, 0.15) is 5.75 Å². The molecule has 1 aliphatic heterocycles. The lowest BCUT2D eigenvalue weighted by Crippen LogP contribution is -2.43. The molecule has 9 heteroatoms. The van der Waals surface area contributed by atoms with Gasteiger partial charge in [0, 0.05) is 43.8 Å². The Morgan fingerprint density at radius 3 is 2.57 bits per heavy atom. The Bertz CT molecular complexity index is 693. The first-order valence-corrected chi connectivity index (χ1v) is 7.53. The molecule has 0 radical (unpaired) electrons. The molecule has 126 valence electrons. The predicted octanol–water partition coefficient (Wildman–Crippen LogP) is 3.73. The summed E-state index contributed by atoms with van der Waals surface area (Å²) in [5.41, 5.74) is 1.42. The average Bonchev–Trinajstić information content (AvgIpc) is 2.46. The lowest BCUT2D eigenvalue weighted by atomic mass is 10.1. The molecule has 0 amide bonds. The van der Waals surface area contributed by atoms with E-state index >= 15 is 0 Å². The summed E-state index contributed by atoms with van der Waals surface area (Å²) in [6, 6.07) is 4.24. The summed E-state index contributed by atoms with van der Waals surface area (Å²) >= 11 is 3.48. The number of piperazine rings is 1. The molecule has 1 aromatic heterocycles. The first-order chi connectivity index (χ1) is 10.4. The van der Waals surface area contributed by atoms with E-state index in [0.717, 1.165) is 41.7 Å². The van der Waals surface area contributed by atoms with Gasteiger partial charge in [-0.3, -0.25) is 4.98 Å². The third-order valence-electron chi connectivity index (χ3n) is 3.43. The number of aromatic nitrogens is 1. The van der Waals surface area contributed by atoms with E-state index < -0.39 is 6.36 Å². The molecule has 1 aromatic carbocycles. The summed E-state index contributed by atoms with van der Waals surface area (Å²) < 4.78 is 41.7. The van der Waals surface area contributed by atoms with E-state index in [1.807, 2.05) is 0 Å². The molecule has 0 saturated carbocycles. The van der Waals surface area contributed by atoms with E-state index in [4.69, 9.17) is 0 Å². The molecule has 0 spiro atoms. The van der Waals surface area contributed by atoms with Gasteiger partial charge < -0.3 is 15.0 Å². The Morgan fingerprint density at radius 2 is 1.91 bits per heavy atom. The maximum atomic E-state index is 12.3. The highest BCUT2D eigenvalue weighted by Gasteiger charge is 2.31. The number of hydrogen-bond acceptors (Lipinski definition) is 4. The van der Waals surface area contributed by atoms with E-state index in [1.54, 1.807) is 12.3 Å². The van der Waals surface area contributed by atoms with Crippen molar-refractivity contribution in [3.05, 3.63) is 28.9 Å². The Balaban J connectivity index is 0.00000192. The van der Waals surface area contributed by atoms with Crippen molar-refractivity contribution in [1.29, 1.82) is 0 Å². The Kier molecular flexibility index (Phi) is 5.59. The van der Waals surface area contributed by atoms with E-state index in [-0.39, 0.29) is 18.2 Å². The third kappa shape index (κ3) is 4.19. The Labute approximate surface area is 145 Å². The van der Waals surface area contributed by atoms with Crippen molar-refractivity contribution in [2.45, 2.75) is 6.36 Å². The van der Waals surface area contributed by atoms with Crippen LogP contribution in [0.1, 0.15) is 0 Å². The molecule has 3 rings (SSSR count). The van der Waals surface area contributed by atoms with Crippen molar-refractivity contribution in [3.63, 3.8) is 0 Å². The van der Waals surface area contributed by atoms with Gasteiger partial charge in [0.15, 0.2) is 0 Å². The molecule has 1 saturated heterocycles. The van der Waals surface area contributed by atoms with Crippen molar-refractivity contribution in [2.75, 3.05) is 31.1 Å². The van der Waals surface area contributed by atoms with Gasteiger partial charge in [0.2, 0.25) is 0 Å². The Morgan fingerprint density at radius 1 is 1.22 bits per heavy atom. The molecule has 0 atom stereocenters. The molecule has 1 fully saturated rings. The average molecular weight is 413 g/mol. The molecule has 2 heterocycles. The zero-order chi connectivity index (χ0) is 15.7. The first kappa shape index (κ1) is 18.1. The van der Waals surface area contributed by atoms with Crippen LogP contribution in [0.3, 0.4) is 0 Å². The number of benzene rings is 1. The second-order valence-electron chi connectivity index (χ2n) is 4.92. The topological polar surface area (TPSA) is 37.4 Å². The molecule has 1 N–H and O–H groups in total. The highest BCUT2D eigenvalue weighted by atomic mass is 79.9. The van der Waals surface area contributed by atoms with Gasteiger partial charge in [-0.15, -0.1) is 25.6 Å². The number of pyridine rings is 1. The number of nitrogens with zero attached hydrogens (tertiary/aromatic N) is 2. The lowest BCUT2D eigenvalue weighted by Gasteiger charge is -2.31. The van der Waals surface area contributed by atoms with Gasteiger partial charge in [-0.05, 0) is 28.1 Å². The maximum Gasteiger partial charge on any atom is 0.573 e. The maximum absolute atomic E-state index is 12.3.